The van der Waals surface area contributed by atoms with Crippen molar-refractivity contribution in [3.8, 4) is 0 Å². The summed E-state index contributed by atoms with van der Waals surface area (Å²) < 4.78 is 0. The fourth-order valence-electron chi connectivity index (χ4n) is 5.28. The van der Waals surface area contributed by atoms with Crippen molar-refractivity contribution in [3.63, 3.8) is 0 Å². The number of piperidine rings is 2. The van der Waals surface area contributed by atoms with Gasteiger partial charge in [0.2, 0.25) is 17.8 Å². The van der Waals surface area contributed by atoms with Crippen LogP contribution in [0.15, 0.2) is 9.98 Å². The van der Waals surface area contributed by atoms with Gasteiger partial charge in [0, 0.05) is 52.4 Å². The number of rotatable bonds is 7. The Balaban J connectivity index is 1.17. The Kier molecular flexibility index (Phi) is 11.0. The van der Waals surface area contributed by atoms with Gasteiger partial charge in [-0.1, -0.05) is 23.2 Å². The zero-order valence-corrected chi connectivity index (χ0v) is 29.2. The minimum Gasteiger partial charge on any atom is -0.382 e. The van der Waals surface area contributed by atoms with E-state index in [-0.39, 0.29) is 69.0 Å². The van der Waals surface area contributed by atoms with E-state index in [1.54, 1.807) is 0 Å². The van der Waals surface area contributed by atoms with Crippen LogP contribution in [-0.4, -0.2) is 111 Å². The molecular formula is C27H38Cl2N20O2. The number of nitrogens with one attached hydrogen (secondary N) is 2. The first-order valence-corrected chi connectivity index (χ1v) is 16.3. The van der Waals surface area contributed by atoms with Crippen molar-refractivity contribution in [1.29, 1.82) is 0 Å². The van der Waals surface area contributed by atoms with Crippen LogP contribution in [0, 0.1) is 0 Å². The quantitative estimate of drug-likeness (QED) is 0.102. The predicted octanol–water partition coefficient (Wildman–Crippen LogP) is -1.42. The number of nitrogens with zero attached hydrogens (tertiary/aromatic N) is 12. The van der Waals surface area contributed by atoms with Crippen molar-refractivity contribution in [2.24, 2.45) is 21.5 Å². The van der Waals surface area contributed by atoms with Gasteiger partial charge in [0.05, 0.1) is 0 Å². The lowest BCUT2D eigenvalue weighted by Gasteiger charge is -2.35. The summed E-state index contributed by atoms with van der Waals surface area (Å²) in [4.78, 5) is 68.3. The van der Waals surface area contributed by atoms with Gasteiger partial charge in [0.1, 0.15) is 0 Å². The molecule has 3 aromatic rings. The molecule has 0 bridgehead atoms. The second kappa shape index (κ2) is 15.4. The van der Waals surface area contributed by atoms with Crippen LogP contribution in [0.4, 0.5) is 41.1 Å². The molecule has 0 unspecified atom stereocenters. The SMILES string of the molecule is CN(C)c1nc(N2CCC(N/C(N)=N/C(=O)c3nc(Cl)c(N)nc3N)CC2)nc(N2CCC(N/C(N)=N/C(=O)c3nc(Cl)c(N)nc3N)CC2)n1. The highest BCUT2D eigenvalue weighted by Gasteiger charge is 2.27. The average molecular weight is 746 g/mol. The van der Waals surface area contributed by atoms with E-state index in [0.717, 1.165) is 0 Å². The van der Waals surface area contributed by atoms with Crippen LogP contribution in [-0.2, 0) is 0 Å². The molecule has 2 saturated heterocycles. The normalized spacial score (nSPS) is 16.2. The number of nitrogen functional groups attached to an aromatic ring is 4. The molecule has 2 amide bonds. The smallest absolute Gasteiger partial charge is 0.302 e. The van der Waals surface area contributed by atoms with Crippen LogP contribution < -0.4 is 59.7 Å². The molecule has 2 fully saturated rings. The minimum atomic E-state index is -0.800. The van der Waals surface area contributed by atoms with Crippen LogP contribution in [0.1, 0.15) is 46.7 Å². The van der Waals surface area contributed by atoms with Gasteiger partial charge in [-0.05, 0) is 25.7 Å². The predicted molar refractivity (Wildman–Crippen MR) is 195 cm³/mol. The zero-order chi connectivity index (χ0) is 37.0. The van der Waals surface area contributed by atoms with Crippen molar-refractivity contribution < 1.29 is 9.59 Å². The van der Waals surface area contributed by atoms with E-state index < -0.39 is 11.8 Å². The Morgan fingerprint density at radius 2 is 1.02 bits per heavy atom. The summed E-state index contributed by atoms with van der Waals surface area (Å²) in [6.45, 7) is 2.41. The minimum absolute atomic E-state index is 0.0711. The van der Waals surface area contributed by atoms with Crippen LogP contribution in [0.2, 0.25) is 10.3 Å². The maximum atomic E-state index is 12.6. The Bertz CT molecular complexity index is 1730. The zero-order valence-electron chi connectivity index (χ0n) is 27.7. The van der Waals surface area contributed by atoms with Gasteiger partial charge in [-0.15, -0.1) is 0 Å². The van der Waals surface area contributed by atoms with E-state index in [0.29, 0.717) is 69.7 Å². The molecule has 5 rings (SSSR count). The number of carbonyl (C=O) groups is 2. The molecule has 0 aromatic carbocycles. The molecule has 0 spiro atoms. The third-order valence-corrected chi connectivity index (χ3v) is 8.47. The first kappa shape index (κ1) is 36.5. The van der Waals surface area contributed by atoms with E-state index in [1.807, 2.05) is 19.0 Å². The van der Waals surface area contributed by atoms with E-state index >= 15 is 0 Å². The summed E-state index contributed by atoms with van der Waals surface area (Å²) in [5.41, 5.74) is 34.2. The molecule has 14 N–H and O–H groups in total. The maximum Gasteiger partial charge on any atom is 0.302 e. The second-order valence-electron chi connectivity index (χ2n) is 11.8. The van der Waals surface area contributed by atoms with Gasteiger partial charge in [0.25, 0.3) is 0 Å². The number of nitrogens with two attached hydrogens (primary N) is 6. The van der Waals surface area contributed by atoms with Gasteiger partial charge in [-0.2, -0.15) is 24.9 Å². The van der Waals surface area contributed by atoms with Crippen LogP contribution in [0.3, 0.4) is 0 Å². The summed E-state index contributed by atoms with van der Waals surface area (Å²) in [5.74, 6) is -0.791. The summed E-state index contributed by atoms with van der Waals surface area (Å²) in [5, 5.41) is 5.83. The lowest BCUT2D eigenvalue weighted by molar-refractivity contribution is 0.0990. The van der Waals surface area contributed by atoms with E-state index in [9.17, 15) is 9.59 Å². The Labute approximate surface area is 301 Å². The summed E-state index contributed by atoms with van der Waals surface area (Å²) >= 11 is 11.7. The number of halogens is 2. The highest BCUT2D eigenvalue weighted by molar-refractivity contribution is 6.32. The molecule has 3 aromatic heterocycles. The first-order chi connectivity index (χ1) is 24.2. The Hall–Kier alpha value is -5.77. The molecule has 2 aliphatic rings. The first-order valence-electron chi connectivity index (χ1n) is 15.6. The molecule has 0 radical (unpaired) electrons. The lowest BCUT2D eigenvalue weighted by Crippen LogP contribution is -2.48. The number of anilines is 7. The second-order valence-corrected chi connectivity index (χ2v) is 12.5. The van der Waals surface area contributed by atoms with E-state index in [4.69, 9.17) is 62.6 Å². The van der Waals surface area contributed by atoms with Crippen molar-refractivity contribution >= 4 is 88.1 Å². The number of aromatic nitrogens is 7. The van der Waals surface area contributed by atoms with Gasteiger partial charge < -0.3 is 59.7 Å². The van der Waals surface area contributed by atoms with Crippen molar-refractivity contribution in [1.82, 2.24) is 45.5 Å². The Morgan fingerprint density at radius 3 is 1.37 bits per heavy atom. The molecule has 0 aliphatic carbocycles. The molecular weight excluding hydrogens is 707 g/mol. The van der Waals surface area contributed by atoms with Gasteiger partial charge in [-0.3, -0.25) is 9.59 Å². The molecule has 0 saturated carbocycles. The van der Waals surface area contributed by atoms with Crippen molar-refractivity contribution in [2.45, 2.75) is 37.8 Å². The fraction of sp³-hybridized carbons (Fsp3) is 0.444. The van der Waals surface area contributed by atoms with Crippen LogP contribution in [0.5, 0.6) is 0 Å². The van der Waals surface area contributed by atoms with Gasteiger partial charge in [-0.25, -0.2) is 19.9 Å². The summed E-state index contributed by atoms with van der Waals surface area (Å²) in [6.07, 6.45) is 2.63. The maximum absolute atomic E-state index is 12.6. The number of guanidine groups is 2. The topological polar surface area (TPSA) is 339 Å². The third kappa shape index (κ3) is 8.88. The van der Waals surface area contributed by atoms with Gasteiger partial charge in [0.15, 0.2) is 56.9 Å². The average Bonchev–Trinajstić information content (AvgIpc) is 3.08. The van der Waals surface area contributed by atoms with E-state index in [2.05, 4.69) is 60.3 Å². The molecule has 0 atom stereocenters. The number of hydrogen-bond donors (Lipinski definition) is 8. The third-order valence-electron chi connectivity index (χ3n) is 7.92. The molecule has 22 nitrogen and oxygen atoms in total. The molecule has 272 valence electrons. The molecule has 51 heavy (non-hydrogen) atoms. The van der Waals surface area contributed by atoms with Crippen LogP contribution >= 0.6 is 23.2 Å². The number of hydrogen-bond acceptors (Lipinski definition) is 16. The summed E-state index contributed by atoms with van der Waals surface area (Å²) in [7, 11) is 3.72. The highest BCUT2D eigenvalue weighted by Crippen LogP contribution is 2.24. The van der Waals surface area contributed by atoms with Crippen molar-refractivity contribution in [3.05, 3.63) is 21.7 Å². The largest absolute Gasteiger partial charge is 0.382 e. The number of aliphatic imine (C=N–C) groups is 2. The lowest BCUT2D eigenvalue weighted by atomic mass is 10.1. The highest BCUT2D eigenvalue weighted by atomic mass is 35.5. The standard InChI is InChI=1S/C27H38Cl2N20O2/c1-47(2)25-44-26(48-7-3-11(4-8-48)36-23(34)42-21(50)13-17(30)40-19(32)15(28)38-13)46-27(45-25)49-9-5-12(6-10-49)37-24(35)43-22(51)14-18(31)41-20(33)16(29)39-14/h11-12H,3-10H2,1-2H3,(H4,30,32,40)(H4,31,33,41)(H3,34,36,42,50)(H3,35,37,43,51). The monoisotopic (exact) mass is 744 g/mol. The summed E-state index contributed by atoms with van der Waals surface area (Å²) in [6, 6.07) is -0.142. The molecule has 24 heteroatoms. The number of amides is 2. The van der Waals surface area contributed by atoms with Gasteiger partial charge >= 0.3 is 11.8 Å². The van der Waals surface area contributed by atoms with Crippen LogP contribution in [0.25, 0.3) is 0 Å². The van der Waals surface area contributed by atoms with E-state index in [1.165, 1.54) is 0 Å². The molecule has 5 heterocycles. The number of carbonyl (C=O) groups excluding carboxylic acids is 2. The molecule has 2 aliphatic heterocycles. The Morgan fingerprint density at radius 1 is 0.647 bits per heavy atom. The fourth-order valence-corrected chi connectivity index (χ4v) is 5.53. The van der Waals surface area contributed by atoms with Crippen molar-refractivity contribution in [2.75, 3.05) is 77.9 Å².